The summed E-state index contributed by atoms with van der Waals surface area (Å²) in [5, 5.41) is 17.2. The van der Waals surface area contributed by atoms with Gasteiger partial charge in [0, 0.05) is 6.42 Å². The summed E-state index contributed by atoms with van der Waals surface area (Å²) in [6.07, 6.45) is 21.0. The Morgan fingerprint density at radius 1 is 0.806 bits per heavy atom. The molecule has 1 aromatic carbocycles. The van der Waals surface area contributed by atoms with Crippen molar-refractivity contribution in [2.75, 3.05) is 0 Å². The Balaban J connectivity index is 1.37. The van der Waals surface area contributed by atoms with Crippen molar-refractivity contribution in [2.45, 2.75) is 110 Å². The summed E-state index contributed by atoms with van der Waals surface area (Å²) in [5.74, 6) is -0.664. The number of aryl methyl sites for hydroxylation is 2. The fourth-order valence-corrected chi connectivity index (χ4v) is 4.05. The molecule has 0 radical (unpaired) electrons. The summed E-state index contributed by atoms with van der Waals surface area (Å²) in [5.41, 5.74) is 3.41. The number of unbranched alkanes of at least 4 members (excludes halogenated alkanes) is 13. The monoisotopic (exact) mass is 427 g/mol. The van der Waals surface area contributed by atoms with Crippen molar-refractivity contribution in [3.8, 4) is 5.69 Å². The molecule has 5 heteroatoms. The van der Waals surface area contributed by atoms with Crippen LogP contribution in [0.25, 0.3) is 5.69 Å². The summed E-state index contributed by atoms with van der Waals surface area (Å²) < 4.78 is 1.89. The number of hydrogen-bond donors (Lipinski definition) is 1. The molecule has 1 N–H and O–H groups in total. The number of carbonyl (C=O) groups is 1. The van der Waals surface area contributed by atoms with Crippen LogP contribution in [0.15, 0.2) is 30.5 Å². The van der Waals surface area contributed by atoms with Gasteiger partial charge in [0.2, 0.25) is 0 Å². The molecule has 172 valence electrons. The molecule has 0 saturated heterocycles. The molecule has 0 aliphatic carbocycles. The first-order valence-electron chi connectivity index (χ1n) is 12.4. The van der Waals surface area contributed by atoms with Crippen LogP contribution in [-0.4, -0.2) is 26.1 Å². The van der Waals surface area contributed by atoms with Gasteiger partial charge < -0.3 is 5.11 Å². The molecule has 0 atom stereocenters. The van der Waals surface area contributed by atoms with Gasteiger partial charge in [0.05, 0.1) is 17.6 Å². The van der Waals surface area contributed by atoms with Crippen LogP contribution in [-0.2, 0) is 11.2 Å². The van der Waals surface area contributed by atoms with Crippen molar-refractivity contribution >= 4 is 5.97 Å². The first-order chi connectivity index (χ1) is 15.2. The average molecular weight is 428 g/mol. The van der Waals surface area contributed by atoms with Gasteiger partial charge in [-0.3, -0.25) is 4.79 Å². The number of rotatable bonds is 18. The van der Waals surface area contributed by atoms with Crippen molar-refractivity contribution in [3.05, 3.63) is 41.7 Å². The third-order valence-electron chi connectivity index (χ3n) is 5.98. The molecule has 0 saturated carbocycles. The van der Waals surface area contributed by atoms with E-state index >= 15 is 0 Å². The molecule has 0 bridgehead atoms. The van der Waals surface area contributed by atoms with E-state index in [2.05, 4.69) is 35.6 Å². The van der Waals surface area contributed by atoms with Gasteiger partial charge in [-0.15, -0.1) is 5.10 Å². The van der Waals surface area contributed by atoms with Crippen LogP contribution >= 0.6 is 0 Å². The van der Waals surface area contributed by atoms with Gasteiger partial charge in [-0.1, -0.05) is 100 Å². The lowest BCUT2D eigenvalue weighted by Crippen LogP contribution is -1.97. The molecule has 2 aromatic rings. The molecular weight excluding hydrogens is 386 g/mol. The number of aliphatic carboxylic acids is 1. The smallest absolute Gasteiger partial charge is 0.303 e. The highest BCUT2D eigenvalue weighted by molar-refractivity contribution is 5.66. The van der Waals surface area contributed by atoms with E-state index in [-0.39, 0.29) is 0 Å². The summed E-state index contributed by atoms with van der Waals surface area (Å²) in [6.45, 7) is 2.10. The van der Waals surface area contributed by atoms with Crippen LogP contribution in [0.4, 0.5) is 0 Å². The van der Waals surface area contributed by atoms with E-state index in [1.54, 1.807) is 0 Å². The minimum atomic E-state index is -0.664. The third kappa shape index (κ3) is 11.1. The molecule has 2 rings (SSSR count). The van der Waals surface area contributed by atoms with E-state index in [0.29, 0.717) is 6.42 Å². The standard InChI is InChI=1S/C26H41N3O2/c1-23-18-16-17-20-25(23)29-22-24(27-28-29)19-14-12-10-8-6-4-2-3-5-7-9-11-13-15-21-26(30)31/h16-18,20,22H,2-15,19,21H2,1H3,(H,30,31). The zero-order valence-corrected chi connectivity index (χ0v) is 19.4. The van der Waals surface area contributed by atoms with E-state index < -0.39 is 5.97 Å². The number of nitrogens with zero attached hydrogens (tertiary/aromatic N) is 3. The lowest BCUT2D eigenvalue weighted by Gasteiger charge is -2.03. The second-order valence-electron chi connectivity index (χ2n) is 8.78. The Morgan fingerprint density at radius 3 is 1.87 bits per heavy atom. The number of benzene rings is 1. The van der Waals surface area contributed by atoms with E-state index in [1.165, 1.54) is 82.6 Å². The minimum Gasteiger partial charge on any atom is -0.481 e. The average Bonchev–Trinajstić information content (AvgIpc) is 3.22. The number of carboxylic acids is 1. The molecule has 31 heavy (non-hydrogen) atoms. The molecule has 1 aromatic heterocycles. The van der Waals surface area contributed by atoms with Crippen molar-refractivity contribution < 1.29 is 9.90 Å². The molecule has 0 aliphatic heterocycles. The zero-order valence-electron chi connectivity index (χ0n) is 19.4. The molecule has 0 fully saturated rings. The number of carboxylic acid groups (broad SMARTS) is 1. The topological polar surface area (TPSA) is 68.0 Å². The molecule has 0 spiro atoms. The predicted molar refractivity (Wildman–Crippen MR) is 127 cm³/mol. The van der Waals surface area contributed by atoms with Gasteiger partial charge >= 0.3 is 5.97 Å². The molecular formula is C26H41N3O2. The second-order valence-corrected chi connectivity index (χ2v) is 8.78. The third-order valence-corrected chi connectivity index (χ3v) is 5.98. The maximum atomic E-state index is 10.4. The highest BCUT2D eigenvalue weighted by Crippen LogP contribution is 2.15. The lowest BCUT2D eigenvalue weighted by molar-refractivity contribution is -0.137. The molecule has 0 unspecified atom stereocenters. The summed E-state index contributed by atoms with van der Waals surface area (Å²) in [4.78, 5) is 10.4. The van der Waals surface area contributed by atoms with Crippen molar-refractivity contribution in [2.24, 2.45) is 0 Å². The summed E-state index contributed by atoms with van der Waals surface area (Å²) in [6, 6.07) is 8.27. The van der Waals surface area contributed by atoms with E-state index in [1.807, 2.05) is 16.8 Å². The van der Waals surface area contributed by atoms with Crippen LogP contribution in [0.2, 0.25) is 0 Å². The van der Waals surface area contributed by atoms with Crippen molar-refractivity contribution in [1.82, 2.24) is 15.0 Å². The van der Waals surface area contributed by atoms with Crippen LogP contribution in [0.3, 0.4) is 0 Å². The molecule has 0 aliphatic rings. The summed E-state index contributed by atoms with van der Waals surface area (Å²) >= 11 is 0. The summed E-state index contributed by atoms with van der Waals surface area (Å²) in [7, 11) is 0. The lowest BCUT2D eigenvalue weighted by atomic mass is 10.0. The van der Waals surface area contributed by atoms with Gasteiger partial charge in [0.15, 0.2) is 0 Å². The fraction of sp³-hybridized carbons (Fsp3) is 0.654. The van der Waals surface area contributed by atoms with Gasteiger partial charge in [0.1, 0.15) is 0 Å². The zero-order chi connectivity index (χ0) is 22.2. The maximum Gasteiger partial charge on any atom is 0.303 e. The molecule has 0 amide bonds. The Bertz CT molecular complexity index is 742. The Kier molecular flexibility index (Phi) is 12.6. The van der Waals surface area contributed by atoms with Crippen LogP contribution in [0.1, 0.15) is 108 Å². The molecule has 5 nitrogen and oxygen atoms in total. The van der Waals surface area contributed by atoms with Gasteiger partial charge in [-0.2, -0.15) is 0 Å². The highest BCUT2D eigenvalue weighted by Gasteiger charge is 2.05. The van der Waals surface area contributed by atoms with E-state index in [4.69, 9.17) is 5.11 Å². The van der Waals surface area contributed by atoms with Gasteiger partial charge in [-0.05, 0) is 37.8 Å². The minimum absolute atomic E-state index is 0.329. The quantitative estimate of drug-likeness (QED) is 0.259. The van der Waals surface area contributed by atoms with Crippen molar-refractivity contribution in [1.29, 1.82) is 0 Å². The van der Waals surface area contributed by atoms with Gasteiger partial charge in [0.25, 0.3) is 0 Å². The Morgan fingerprint density at radius 2 is 1.32 bits per heavy atom. The van der Waals surface area contributed by atoms with E-state index in [0.717, 1.165) is 30.6 Å². The number of aromatic nitrogens is 3. The van der Waals surface area contributed by atoms with Gasteiger partial charge in [-0.25, -0.2) is 4.68 Å². The van der Waals surface area contributed by atoms with Crippen LogP contribution < -0.4 is 0 Å². The molecule has 1 heterocycles. The predicted octanol–water partition coefficient (Wildman–Crippen LogP) is 7.05. The fourth-order valence-electron chi connectivity index (χ4n) is 4.05. The van der Waals surface area contributed by atoms with Crippen LogP contribution in [0, 0.1) is 6.92 Å². The first-order valence-corrected chi connectivity index (χ1v) is 12.4. The first kappa shape index (κ1) is 25.1. The van der Waals surface area contributed by atoms with Crippen LogP contribution in [0.5, 0.6) is 0 Å². The van der Waals surface area contributed by atoms with E-state index in [9.17, 15) is 4.79 Å². The Labute approximate surface area is 188 Å². The normalized spacial score (nSPS) is 11.1. The Hall–Kier alpha value is -2.17. The SMILES string of the molecule is Cc1ccccc1-n1cc(CCCCCCCCCCCCCCCCC(=O)O)nn1. The largest absolute Gasteiger partial charge is 0.481 e. The maximum absolute atomic E-state index is 10.4. The number of para-hydroxylation sites is 1. The van der Waals surface area contributed by atoms with Crippen molar-refractivity contribution in [3.63, 3.8) is 0 Å². The second kappa shape index (κ2) is 15.6. The highest BCUT2D eigenvalue weighted by atomic mass is 16.4. The number of hydrogen-bond acceptors (Lipinski definition) is 3.